The number of aryl methyl sites for hydroxylation is 1. The molecule has 0 aliphatic heterocycles. The Hall–Kier alpha value is -1.82. The molecule has 0 saturated heterocycles. The van der Waals surface area contributed by atoms with E-state index in [1.54, 1.807) is 19.2 Å². The number of hydrogen-bond donors (Lipinski definition) is 1. The van der Waals surface area contributed by atoms with E-state index in [9.17, 15) is 4.39 Å². The van der Waals surface area contributed by atoms with Gasteiger partial charge in [-0.25, -0.2) is 4.39 Å². The Kier molecular flexibility index (Phi) is 5.38. The van der Waals surface area contributed by atoms with E-state index in [0.29, 0.717) is 12.0 Å². The van der Waals surface area contributed by atoms with Crippen molar-refractivity contribution < 1.29 is 4.39 Å². The van der Waals surface area contributed by atoms with E-state index in [-0.39, 0.29) is 5.82 Å². The van der Waals surface area contributed by atoms with Crippen LogP contribution >= 0.6 is 0 Å². The molecule has 0 radical (unpaired) electrons. The van der Waals surface area contributed by atoms with E-state index >= 15 is 0 Å². The molecule has 1 aromatic heterocycles. The maximum Gasteiger partial charge on any atom is 0.175 e. The Morgan fingerprint density at radius 3 is 2.71 bits per heavy atom. The normalized spacial score (nSPS) is 12.8. The van der Waals surface area contributed by atoms with Crippen molar-refractivity contribution in [2.75, 3.05) is 6.54 Å². The largest absolute Gasteiger partial charge is 0.314 e. The predicted octanol–water partition coefficient (Wildman–Crippen LogP) is 1.75. The summed E-state index contributed by atoms with van der Waals surface area (Å²) in [5, 5.41) is 15.6. The zero-order chi connectivity index (χ0) is 15.2. The summed E-state index contributed by atoms with van der Waals surface area (Å²) in [7, 11) is 1.75. The molecule has 0 amide bonds. The predicted molar refractivity (Wildman–Crippen MR) is 79.2 cm³/mol. The van der Waals surface area contributed by atoms with Crippen LogP contribution in [0.2, 0.25) is 0 Å². The molecule has 6 heteroatoms. The molecular formula is C15H22FN5. The van der Waals surface area contributed by atoms with E-state index in [4.69, 9.17) is 0 Å². The highest BCUT2D eigenvalue weighted by Gasteiger charge is 2.15. The number of hydrogen-bond acceptors (Lipinski definition) is 4. The minimum absolute atomic E-state index is 0.194. The Labute approximate surface area is 124 Å². The van der Waals surface area contributed by atoms with Crippen LogP contribution in [0.1, 0.15) is 25.2 Å². The van der Waals surface area contributed by atoms with Crippen LogP contribution in [0.5, 0.6) is 0 Å². The second kappa shape index (κ2) is 7.26. The maximum absolute atomic E-state index is 13.3. The molecule has 0 fully saturated rings. The van der Waals surface area contributed by atoms with Crippen molar-refractivity contribution in [3.05, 3.63) is 41.5 Å². The first kappa shape index (κ1) is 15.6. The third-order valence-electron chi connectivity index (χ3n) is 3.25. The summed E-state index contributed by atoms with van der Waals surface area (Å²) in [5.74, 6) is 0.837. The van der Waals surface area contributed by atoms with Crippen molar-refractivity contribution in [1.82, 2.24) is 25.5 Å². The van der Waals surface area contributed by atoms with Crippen LogP contribution in [0.4, 0.5) is 4.39 Å². The first-order valence-electron chi connectivity index (χ1n) is 7.23. The minimum Gasteiger partial charge on any atom is -0.314 e. The zero-order valence-electron chi connectivity index (χ0n) is 12.8. The monoisotopic (exact) mass is 291 g/mol. The summed E-state index contributed by atoms with van der Waals surface area (Å²) >= 11 is 0. The van der Waals surface area contributed by atoms with Crippen molar-refractivity contribution in [1.29, 1.82) is 0 Å². The third-order valence-corrected chi connectivity index (χ3v) is 3.25. The highest BCUT2D eigenvalue weighted by molar-refractivity contribution is 5.17. The fraction of sp³-hybridized carbons (Fsp3) is 0.533. The average molecular weight is 291 g/mol. The van der Waals surface area contributed by atoms with Crippen LogP contribution in [0.15, 0.2) is 24.3 Å². The van der Waals surface area contributed by atoms with Gasteiger partial charge in [-0.05, 0) is 41.8 Å². The van der Waals surface area contributed by atoms with Gasteiger partial charge in [0.15, 0.2) is 5.82 Å². The highest BCUT2D eigenvalue weighted by Crippen LogP contribution is 2.13. The number of tetrazole rings is 1. The van der Waals surface area contributed by atoms with Gasteiger partial charge >= 0.3 is 0 Å². The van der Waals surface area contributed by atoms with E-state index in [1.807, 2.05) is 6.07 Å². The molecule has 2 aromatic rings. The first-order chi connectivity index (χ1) is 10.0. The number of nitrogens with one attached hydrogen (secondary N) is 1. The van der Waals surface area contributed by atoms with Gasteiger partial charge < -0.3 is 5.32 Å². The molecule has 1 heterocycles. The fourth-order valence-corrected chi connectivity index (χ4v) is 2.28. The van der Waals surface area contributed by atoms with Gasteiger partial charge in [0.2, 0.25) is 0 Å². The van der Waals surface area contributed by atoms with Crippen molar-refractivity contribution in [3.63, 3.8) is 0 Å². The molecule has 0 saturated carbocycles. The van der Waals surface area contributed by atoms with Crippen molar-refractivity contribution in [3.8, 4) is 0 Å². The molecule has 1 unspecified atom stereocenters. The van der Waals surface area contributed by atoms with Gasteiger partial charge in [-0.1, -0.05) is 26.0 Å². The molecule has 1 atom stereocenters. The first-order valence-corrected chi connectivity index (χ1v) is 7.23. The molecule has 0 aliphatic carbocycles. The lowest BCUT2D eigenvalue weighted by atomic mass is 9.95. The van der Waals surface area contributed by atoms with E-state index in [2.05, 4.69) is 34.6 Å². The molecule has 1 N–H and O–H groups in total. The van der Waals surface area contributed by atoms with Crippen LogP contribution in [0.25, 0.3) is 0 Å². The lowest BCUT2D eigenvalue weighted by Gasteiger charge is -2.18. The molecule has 1 aromatic carbocycles. The molecular weight excluding hydrogens is 269 g/mol. The van der Waals surface area contributed by atoms with Gasteiger partial charge in [-0.3, -0.25) is 0 Å². The molecule has 114 valence electrons. The Bertz CT molecular complexity index is 567. The van der Waals surface area contributed by atoms with Crippen molar-refractivity contribution >= 4 is 0 Å². The molecule has 2 rings (SSSR count). The second-order valence-corrected chi connectivity index (χ2v) is 5.66. The minimum atomic E-state index is -0.194. The molecule has 5 nitrogen and oxygen atoms in total. The number of rotatable bonds is 7. The van der Waals surface area contributed by atoms with E-state index < -0.39 is 0 Å². The molecule has 0 bridgehead atoms. The van der Waals surface area contributed by atoms with Gasteiger partial charge in [-0.15, -0.1) is 10.2 Å². The Balaban J connectivity index is 2.04. The topological polar surface area (TPSA) is 55.6 Å². The SMILES string of the molecule is CC(C)NCC(Cc1cccc(F)c1)Cc1nnn(C)n1. The van der Waals surface area contributed by atoms with Gasteiger partial charge in [-0.2, -0.15) is 4.80 Å². The van der Waals surface area contributed by atoms with Gasteiger partial charge in [0.05, 0.1) is 7.05 Å². The van der Waals surface area contributed by atoms with Gasteiger partial charge in [0.25, 0.3) is 0 Å². The average Bonchev–Trinajstić information content (AvgIpc) is 2.81. The van der Waals surface area contributed by atoms with Crippen LogP contribution in [0, 0.1) is 11.7 Å². The zero-order valence-corrected chi connectivity index (χ0v) is 12.8. The fourth-order valence-electron chi connectivity index (χ4n) is 2.28. The van der Waals surface area contributed by atoms with Crippen LogP contribution in [0.3, 0.4) is 0 Å². The Morgan fingerprint density at radius 2 is 2.10 bits per heavy atom. The number of nitrogens with zero attached hydrogens (tertiary/aromatic N) is 4. The summed E-state index contributed by atoms with van der Waals surface area (Å²) in [6.45, 7) is 5.06. The van der Waals surface area contributed by atoms with Crippen LogP contribution < -0.4 is 5.32 Å². The molecule has 0 aliphatic rings. The summed E-state index contributed by atoms with van der Waals surface area (Å²) in [4.78, 5) is 1.46. The quantitative estimate of drug-likeness (QED) is 0.844. The Morgan fingerprint density at radius 1 is 1.29 bits per heavy atom. The number of aromatic nitrogens is 4. The molecule has 21 heavy (non-hydrogen) atoms. The number of benzene rings is 1. The van der Waals surface area contributed by atoms with Gasteiger partial charge in [0.1, 0.15) is 5.82 Å². The maximum atomic E-state index is 13.3. The second-order valence-electron chi connectivity index (χ2n) is 5.66. The van der Waals surface area contributed by atoms with Crippen LogP contribution in [-0.4, -0.2) is 32.8 Å². The van der Waals surface area contributed by atoms with E-state index in [1.165, 1.54) is 10.9 Å². The van der Waals surface area contributed by atoms with Crippen LogP contribution in [-0.2, 0) is 19.9 Å². The smallest absolute Gasteiger partial charge is 0.175 e. The summed E-state index contributed by atoms with van der Waals surface area (Å²) in [6, 6.07) is 7.17. The van der Waals surface area contributed by atoms with E-state index in [0.717, 1.165) is 30.8 Å². The standard InChI is InChI=1S/C15H22FN5/c1-11(2)17-10-13(9-15-18-20-21(3)19-15)7-12-5-4-6-14(16)8-12/h4-6,8,11,13,17H,7,9-10H2,1-3H3. The summed E-state index contributed by atoms with van der Waals surface area (Å²) in [5.41, 5.74) is 0.995. The van der Waals surface area contributed by atoms with Crippen molar-refractivity contribution in [2.24, 2.45) is 13.0 Å². The number of halogens is 1. The lowest BCUT2D eigenvalue weighted by molar-refractivity contribution is 0.436. The third kappa shape index (κ3) is 5.23. The lowest BCUT2D eigenvalue weighted by Crippen LogP contribution is -2.31. The summed E-state index contributed by atoms with van der Waals surface area (Å²) < 4.78 is 13.3. The summed E-state index contributed by atoms with van der Waals surface area (Å²) in [6.07, 6.45) is 1.51. The van der Waals surface area contributed by atoms with Crippen molar-refractivity contribution in [2.45, 2.75) is 32.7 Å². The highest BCUT2D eigenvalue weighted by atomic mass is 19.1. The van der Waals surface area contributed by atoms with Gasteiger partial charge in [0, 0.05) is 12.5 Å². The molecule has 0 spiro atoms.